The molecule has 3 amide bonds. The second-order valence-corrected chi connectivity index (χ2v) is 7.91. The Labute approximate surface area is 155 Å². The van der Waals surface area contributed by atoms with E-state index in [4.69, 9.17) is 0 Å². The van der Waals surface area contributed by atoms with Crippen molar-refractivity contribution in [2.75, 3.05) is 19.6 Å². The van der Waals surface area contributed by atoms with Crippen LogP contribution in [0.4, 0.5) is 18.0 Å². The molecular formula is C16H17F3N3O2S2+. The minimum atomic E-state index is -4.52. The quantitative estimate of drug-likeness (QED) is 0.727. The predicted octanol–water partition coefficient (Wildman–Crippen LogP) is 1.73. The zero-order valence-electron chi connectivity index (χ0n) is 13.6. The third-order valence-corrected chi connectivity index (χ3v) is 6.02. The fourth-order valence-electron chi connectivity index (χ4n) is 3.05. The zero-order valence-corrected chi connectivity index (χ0v) is 15.2. The first kappa shape index (κ1) is 18.9. The highest BCUT2D eigenvalue weighted by Gasteiger charge is 2.35. The Kier molecular flexibility index (Phi) is 5.64. The molecule has 3 heterocycles. The number of amides is 3. The van der Waals surface area contributed by atoms with E-state index in [1.165, 1.54) is 10.4 Å². The van der Waals surface area contributed by atoms with Gasteiger partial charge in [0.1, 0.15) is 12.6 Å². The average molecular weight is 404 g/mol. The molecule has 26 heavy (non-hydrogen) atoms. The lowest BCUT2D eigenvalue weighted by molar-refractivity contribution is -0.919. The number of imide groups is 1. The lowest BCUT2D eigenvalue weighted by Crippen LogP contribution is -3.14. The highest BCUT2D eigenvalue weighted by molar-refractivity contribution is 7.10. The number of quaternary nitrogens is 1. The van der Waals surface area contributed by atoms with Gasteiger partial charge in [0, 0.05) is 16.9 Å². The molecule has 5 nitrogen and oxygen atoms in total. The second-order valence-electron chi connectivity index (χ2n) is 5.93. The van der Waals surface area contributed by atoms with Crippen LogP contribution in [0.2, 0.25) is 0 Å². The number of hydrogen-bond donors (Lipinski definition) is 3. The molecule has 0 aromatic carbocycles. The van der Waals surface area contributed by atoms with Gasteiger partial charge in [-0.15, -0.1) is 22.7 Å². The van der Waals surface area contributed by atoms with Crippen LogP contribution >= 0.6 is 22.7 Å². The van der Waals surface area contributed by atoms with E-state index >= 15 is 0 Å². The van der Waals surface area contributed by atoms with Gasteiger partial charge in [-0.25, -0.2) is 4.79 Å². The first-order valence-electron chi connectivity index (χ1n) is 7.92. The van der Waals surface area contributed by atoms with Crippen LogP contribution in [0.5, 0.6) is 0 Å². The Morgan fingerprint density at radius 3 is 2.73 bits per heavy atom. The maximum absolute atomic E-state index is 12.1. The van der Waals surface area contributed by atoms with E-state index in [0.29, 0.717) is 6.54 Å². The highest BCUT2D eigenvalue weighted by atomic mass is 32.1. The van der Waals surface area contributed by atoms with Crippen molar-refractivity contribution in [2.45, 2.75) is 18.6 Å². The van der Waals surface area contributed by atoms with E-state index in [1.807, 2.05) is 28.2 Å². The number of alkyl halides is 3. The molecule has 1 aliphatic heterocycles. The fourth-order valence-corrected chi connectivity index (χ4v) is 4.87. The van der Waals surface area contributed by atoms with E-state index in [-0.39, 0.29) is 12.6 Å². The predicted molar refractivity (Wildman–Crippen MR) is 92.5 cm³/mol. The van der Waals surface area contributed by atoms with Crippen molar-refractivity contribution in [3.8, 4) is 0 Å². The van der Waals surface area contributed by atoms with Crippen molar-refractivity contribution in [1.82, 2.24) is 10.6 Å². The Morgan fingerprint density at radius 1 is 1.23 bits per heavy atom. The molecular weight excluding hydrogens is 387 g/mol. The van der Waals surface area contributed by atoms with Crippen LogP contribution in [0, 0.1) is 0 Å². The fraction of sp³-hybridized carbons (Fsp3) is 0.375. The van der Waals surface area contributed by atoms with Gasteiger partial charge in [0.2, 0.25) is 0 Å². The van der Waals surface area contributed by atoms with Crippen molar-refractivity contribution >= 4 is 34.6 Å². The van der Waals surface area contributed by atoms with Crippen molar-refractivity contribution in [3.05, 3.63) is 44.3 Å². The highest BCUT2D eigenvalue weighted by Crippen LogP contribution is 2.31. The molecule has 3 rings (SSSR count). The van der Waals surface area contributed by atoms with Crippen LogP contribution in [-0.4, -0.2) is 37.7 Å². The van der Waals surface area contributed by atoms with Gasteiger partial charge in [-0.05, 0) is 22.9 Å². The van der Waals surface area contributed by atoms with Crippen molar-refractivity contribution in [1.29, 1.82) is 0 Å². The summed E-state index contributed by atoms with van der Waals surface area (Å²) in [5.41, 5.74) is 1.17. The third-order valence-electron chi connectivity index (χ3n) is 4.09. The summed E-state index contributed by atoms with van der Waals surface area (Å²) in [6.07, 6.45) is -3.68. The van der Waals surface area contributed by atoms with Gasteiger partial charge in [0.25, 0.3) is 5.91 Å². The van der Waals surface area contributed by atoms with Crippen molar-refractivity contribution < 1.29 is 27.7 Å². The molecule has 0 aliphatic carbocycles. The Morgan fingerprint density at radius 2 is 2.04 bits per heavy atom. The van der Waals surface area contributed by atoms with Crippen LogP contribution in [-0.2, 0) is 11.2 Å². The standard InChI is InChI=1S/C16H16F3N3O2S2/c17-16(18,19)9-20-15(24)21-13(23)8-22-5-3-11-10(4-7-26-11)14(22)12-2-1-6-25-12/h1-2,4,6-7,14H,3,5,8-9H2,(H2,20,21,23,24)/p+1/t14-/m0/s1. The largest absolute Gasteiger partial charge is 0.405 e. The monoisotopic (exact) mass is 404 g/mol. The van der Waals surface area contributed by atoms with Gasteiger partial charge in [-0.1, -0.05) is 6.07 Å². The number of carbonyl (C=O) groups is 2. The minimum absolute atomic E-state index is 0.00557. The maximum Gasteiger partial charge on any atom is 0.405 e. The van der Waals surface area contributed by atoms with Gasteiger partial charge in [0.05, 0.1) is 11.4 Å². The topological polar surface area (TPSA) is 62.6 Å². The smallest absolute Gasteiger partial charge is 0.329 e. The molecule has 1 unspecified atom stereocenters. The molecule has 0 saturated carbocycles. The lowest BCUT2D eigenvalue weighted by Gasteiger charge is -2.31. The van der Waals surface area contributed by atoms with Crippen molar-refractivity contribution in [3.63, 3.8) is 0 Å². The lowest BCUT2D eigenvalue weighted by atomic mass is 9.98. The van der Waals surface area contributed by atoms with Crippen LogP contribution in [0.15, 0.2) is 29.0 Å². The second kappa shape index (κ2) is 7.77. The van der Waals surface area contributed by atoms with Crippen LogP contribution in [0.1, 0.15) is 21.4 Å². The van der Waals surface area contributed by atoms with Crippen LogP contribution in [0.25, 0.3) is 0 Å². The van der Waals surface area contributed by atoms with E-state index in [1.54, 1.807) is 28.0 Å². The molecule has 0 saturated heterocycles. The van der Waals surface area contributed by atoms with Gasteiger partial charge < -0.3 is 10.2 Å². The number of urea groups is 1. The normalized spacial score (nSPS) is 19.7. The molecule has 140 valence electrons. The number of rotatable bonds is 4. The average Bonchev–Trinajstić information content (AvgIpc) is 3.23. The first-order valence-corrected chi connectivity index (χ1v) is 9.68. The number of halogens is 3. The maximum atomic E-state index is 12.1. The molecule has 0 fully saturated rings. The summed E-state index contributed by atoms with van der Waals surface area (Å²) in [4.78, 5) is 27.0. The number of carbonyl (C=O) groups excluding carboxylic acids is 2. The molecule has 3 N–H and O–H groups in total. The molecule has 1 aliphatic rings. The molecule has 0 bridgehead atoms. The summed E-state index contributed by atoms with van der Waals surface area (Å²) in [5, 5.41) is 7.62. The Bertz CT molecular complexity index is 774. The zero-order chi connectivity index (χ0) is 18.7. The summed E-state index contributed by atoms with van der Waals surface area (Å²) in [5.74, 6) is -0.597. The van der Waals surface area contributed by atoms with E-state index in [9.17, 15) is 22.8 Å². The van der Waals surface area contributed by atoms with Crippen molar-refractivity contribution in [2.24, 2.45) is 0 Å². The third kappa shape index (κ3) is 4.63. The van der Waals surface area contributed by atoms with Crippen LogP contribution < -0.4 is 15.5 Å². The molecule has 10 heteroatoms. The Balaban J connectivity index is 1.65. The molecule has 0 radical (unpaired) electrons. The van der Waals surface area contributed by atoms with Gasteiger partial charge in [-0.3, -0.25) is 10.1 Å². The first-order chi connectivity index (χ1) is 12.3. The molecule has 0 spiro atoms. The SMILES string of the molecule is O=C(C[NH+]1CCc2sccc2[C@H]1c1cccs1)NC(=O)NCC(F)(F)F. The number of fused-ring (bicyclic) bond motifs is 1. The van der Waals surface area contributed by atoms with Gasteiger partial charge >= 0.3 is 12.2 Å². The summed E-state index contributed by atoms with van der Waals surface area (Å²) in [7, 11) is 0. The van der Waals surface area contributed by atoms with Crippen LogP contribution in [0.3, 0.4) is 0 Å². The van der Waals surface area contributed by atoms with Gasteiger partial charge in [-0.2, -0.15) is 13.2 Å². The number of thiophene rings is 2. The number of hydrogen-bond acceptors (Lipinski definition) is 4. The van der Waals surface area contributed by atoms with E-state index < -0.39 is 24.7 Å². The Hall–Kier alpha value is -1.91. The summed E-state index contributed by atoms with van der Waals surface area (Å²) in [6, 6.07) is 4.87. The molecule has 2 aromatic heterocycles. The molecule has 2 aromatic rings. The summed E-state index contributed by atoms with van der Waals surface area (Å²) in [6.45, 7) is -0.746. The summed E-state index contributed by atoms with van der Waals surface area (Å²) < 4.78 is 36.3. The number of nitrogens with one attached hydrogen (secondary N) is 3. The van der Waals surface area contributed by atoms with E-state index in [2.05, 4.69) is 6.07 Å². The summed E-state index contributed by atoms with van der Waals surface area (Å²) >= 11 is 3.29. The van der Waals surface area contributed by atoms with Gasteiger partial charge in [0.15, 0.2) is 6.54 Å². The molecule has 2 atom stereocenters. The minimum Gasteiger partial charge on any atom is -0.329 e. The van der Waals surface area contributed by atoms with E-state index in [0.717, 1.165) is 16.2 Å².